The highest BCUT2D eigenvalue weighted by atomic mass is 28.4. The van der Waals surface area contributed by atoms with Crippen molar-refractivity contribution in [3.05, 3.63) is 25.4 Å². The van der Waals surface area contributed by atoms with Gasteiger partial charge < -0.3 is 18.5 Å². The van der Waals surface area contributed by atoms with Crippen LogP contribution >= 0.6 is 0 Å². The summed E-state index contributed by atoms with van der Waals surface area (Å²) in [6.07, 6.45) is 4.73. The molecule has 0 radical (unpaired) electrons. The molecule has 1 saturated heterocycles. The van der Waals surface area contributed by atoms with E-state index in [1.165, 1.54) is 0 Å². The first-order chi connectivity index (χ1) is 8.63. The number of ether oxygens (including phenoxy) is 1. The Hall–Kier alpha value is -0.623. The van der Waals surface area contributed by atoms with Gasteiger partial charge in [0.2, 0.25) is 0 Å². The summed E-state index contributed by atoms with van der Waals surface area (Å²) >= 11 is 0. The molecule has 1 fully saturated rings. The van der Waals surface area contributed by atoms with Crippen molar-refractivity contribution >= 4 is 8.56 Å². The molecule has 0 aromatic heterocycles. The molecule has 0 saturated carbocycles. The van der Waals surface area contributed by atoms with Crippen molar-refractivity contribution in [1.29, 1.82) is 0 Å². The van der Waals surface area contributed by atoms with E-state index in [-0.39, 0.29) is 6.10 Å². The van der Waals surface area contributed by atoms with Gasteiger partial charge in [-0.25, -0.2) is 0 Å². The minimum atomic E-state index is -2.03. The summed E-state index contributed by atoms with van der Waals surface area (Å²) in [7, 11) is -0.275. The van der Waals surface area contributed by atoms with Crippen molar-refractivity contribution in [2.24, 2.45) is 0 Å². The van der Waals surface area contributed by atoms with E-state index in [4.69, 9.17) is 13.6 Å². The van der Waals surface area contributed by atoms with Gasteiger partial charge in [-0.1, -0.05) is 12.7 Å². The largest absolute Gasteiger partial charge is 0.398 e. The van der Waals surface area contributed by atoms with E-state index in [2.05, 4.69) is 24.6 Å². The van der Waals surface area contributed by atoms with Crippen LogP contribution in [0.15, 0.2) is 25.4 Å². The topological polar surface area (TPSA) is 30.9 Å². The molecule has 2 unspecified atom stereocenters. The number of nitrogens with zero attached hydrogens (tertiary/aromatic N) is 1. The van der Waals surface area contributed by atoms with Gasteiger partial charge in [-0.15, -0.1) is 6.58 Å². The minimum absolute atomic E-state index is 0.0415. The smallest absolute Gasteiger partial charge is 0.335 e. The Labute approximate surface area is 111 Å². The van der Waals surface area contributed by atoms with Gasteiger partial charge in [0.1, 0.15) is 0 Å². The Morgan fingerprint density at radius 3 is 2.89 bits per heavy atom. The predicted octanol–water partition coefficient (Wildman–Crippen LogP) is 2.14. The molecular weight excluding hydrogens is 246 g/mol. The van der Waals surface area contributed by atoms with Crippen LogP contribution in [0.25, 0.3) is 0 Å². The maximum atomic E-state index is 6.17. The molecule has 1 aliphatic rings. The third-order valence-corrected chi connectivity index (χ3v) is 6.09. The SMILES string of the molecule is C=CCN(C=C)CC1COCCC[Si](C)(OC)O1. The average molecular weight is 271 g/mol. The molecular formula is C13H25NO3Si. The fraction of sp³-hybridized carbons (Fsp3) is 0.692. The van der Waals surface area contributed by atoms with E-state index in [1.807, 2.05) is 12.3 Å². The maximum Gasteiger partial charge on any atom is 0.335 e. The predicted molar refractivity (Wildman–Crippen MR) is 75.7 cm³/mol. The third-order valence-electron chi connectivity index (χ3n) is 3.13. The van der Waals surface area contributed by atoms with Gasteiger partial charge in [0, 0.05) is 26.8 Å². The Balaban J connectivity index is 2.59. The van der Waals surface area contributed by atoms with E-state index in [0.29, 0.717) is 6.61 Å². The van der Waals surface area contributed by atoms with Gasteiger partial charge in [0.25, 0.3) is 0 Å². The molecule has 0 aromatic carbocycles. The summed E-state index contributed by atoms with van der Waals surface area (Å²) in [5.41, 5.74) is 0. The zero-order valence-electron chi connectivity index (χ0n) is 11.6. The summed E-state index contributed by atoms with van der Waals surface area (Å²) in [6, 6.07) is 0.982. The van der Waals surface area contributed by atoms with Gasteiger partial charge >= 0.3 is 8.56 Å². The number of rotatable bonds is 6. The lowest BCUT2D eigenvalue weighted by molar-refractivity contribution is 0.00770. The Bertz CT molecular complexity index is 275. The molecule has 0 amide bonds. The first kappa shape index (κ1) is 15.4. The normalized spacial score (nSPS) is 29.1. The Morgan fingerprint density at radius 2 is 2.28 bits per heavy atom. The lowest BCUT2D eigenvalue weighted by Gasteiger charge is -2.34. The molecule has 0 bridgehead atoms. The molecule has 0 N–H and O–H groups in total. The Kier molecular flexibility index (Phi) is 6.63. The van der Waals surface area contributed by atoms with Crippen LogP contribution in [0.5, 0.6) is 0 Å². The molecule has 0 aliphatic carbocycles. The number of hydrogen-bond donors (Lipinski definition) is 0. The zero-order chi connectivity index (χ0) is 13.4. The van der Waals surface area contributed by atoms with Crippen LogP contribution in [0.3, 0.4) is 0 Å². The van der Waals surface area contributed by atoms with Crippen LogP contribution in [0.2, 0.25) is 12.6 Å². The van der Waals surface area contributed by atoms with Crippen LogP contribution in [-0.4, -0.2) is 53.0 Å². The molecule has 1 rings (SSSR count). The summed E-state index contributed by atoms with van der Waals surface area (Å²) < 4.78 is 17.4. The van der Waals surface area contributed by atoms with Crippen LogP contribution in [0.1, 0.15) is 6.42 Å². The fourth-order valence-electron chi connectivity index (χ4n) is 2.05. The van der Waals surface area contributed by atoms with Crippen LogP contribution in [0, 0.1) is 0 Å². The minimum Gasteiger partial charge on any atom is -0.398 e. The maximum absolute atomic E-state index is 6.17. The molecule has 1 heterocycles. The van der Waals surface area contributed by atoms with Gasteiger partial charge in [-0.3, -0.25) is 0 Å². The molecule has 0 aromatic rings. The van der Waals surface area contributed by atoms with Crippen LogP contribution in [-0.2, 0) is 13.6 Å². The van der Waals surface area contributed by atoms with Crippen molar-refractivity contribution < 1.29 is 13.6 Å². The van der Waals surface area contributed by atoms with E-state index >= 15 is 0 Å². The van der Waals surface area contributed by atoms with Gasteiger partial charge in [-0.05, 0) is 25.2 Å². The summed E-state index contributed by atoms with van der Waals surface area (Å²) in [4.78, 5) is 2.08. The van der Waals surface area contributed by atoms with Crippen molar-refractivity contribution in [3.8, 4) is 0 Å². The molecule has 104 valence electrons. The first-order valence-corrected chi connectivity index (χ1v) is 8.94. The zero-order valence-corrected chi connectivity index (χ0v) is 12.6. The second-order valence-electron chi connectivity index (χ2n) is 4.68. The van der Waals surface area contributed by atoms with Gasteiger partial charge in [0.05, 0.1) is 12.7 Å². The first-order valence-electron chi connectivity index (χ1n) is 6.41. The molecule has 18 heavy (non-hydrogen) atoms. The molecule has 5 heteroatoms. The fourth-order valence-corrected chi connectivity index (χ4v) is 4.10. The Morgan fingerprint density at radius 1 is 1.50 bits per heavy atom. The molecule has 4 nitrogen and oxygen atoms in total. The monoisotopic (exact) mass is 271 g/mol. The lowest BCUT2D eigenvalue weighted by atomic mass is 10.3. The second kappa shape index (κ2) is 7.73. The standard InChI is InChI=1S/C13H25NO3Si/c1-5-8-14(6-2)11-13-12-16-9-7-10-18(4,15-3)17-13/h5-6,13H,1-2,7-12H2,3-4H3. The highest BCUT2D eigenvalue weighted by Crippen LogP contribution is 2.20. The van der Waals surface area contributed by atoms with E-state index in [0.717, 1.165) is 32.2 Å². The number of hydrogen-bond acceptors (Lipinski definition) is 4. The van der Waals surface area contributed by atoms with E-state index < -0.39 is 8.56 Å². The molecule has 0 spiro atoms. The van der Waals surface area contributed by atoms with Gasteiger partial charge in [-0.2, -0.15) is 0 Å². The van der Waals surface area contributed by atoms with Crippen LogP contribution < -0.4 is 0 Å². The van der Waals surface area contributed by atoms with E-state index in [9.17, 15) is 0 Å². The molecule has 1 aliphatic heterocycles. The van der Waals surface area contributed by atoms with Gasteiger partial charge in [0.15, 0.2) is 0 Å². The van der Waals surface area contributed by atoms with Crippen molar-refractivity contribution in [1.82, 2.24) is 4.90 Å². The van der Waals surface area contributed by atoms with Crippen molar-refractivity contribution in [3.63, 3.8) is 0 Å². The molecule has 2 atom stereocenters. The summed E-state index contributed by atoms with van der Waals surface area (Å²) in [5.74, 6) is 0. The second-order valence-corrected chi connectivity index (χ2v) is 8.09. The lowest BCUT2D eigenvalue weighted by Crippen LogP contribution is -2.47. The highest BCUT2D eigenvalue weighted by Gasteiger charge is 2.34. The van der Waals surface area contributed by atoms with Crippen molar-refractivity contribution in [2.75, 3.05) is 33.4 Å². The summed E-state index contributed by atoms with van der Waals surface area (Å²) in [5, 5.41) is 0. The van der Waals surface area contributed by atoms with Crippen LogP contribution in [0.4, 0.5) is 0 Å². The quantitative estimate of drug-likeness (QED) is 0.547. The van der Waals surface area contributed by atoms with Crippen molar-refractivity contribution in [2.45, 2.75) is 25.1 Å². The summed E-state index contributed by atoms with van der Waals surface area (Å²) in [6.45, 7) is 12.6. The highest BCUT2D eigenvalue weighted by molar-refractivity contribution is 6.66. The average Bonchev–Trinajstić information content (AvgIpc) is 2.35. The van der Waals surface area contributed by atoms with E-state index in [1.54, 1.807) is 7.11 Å². The third kappa shape index (κ3) is 4.94.